The van der Waals surface area contributed by atoms with Crippen molar-refractivity contribution in [1.29, 1.82) is 0 Å². The number of benzene rings is 1. The molecule has 110 valence electrons. The summed E-state index contributed by atoms with van der Waals surface area (Å²) in [6.45, 7) is 1.60. The predicted molar refractivity (Wildman–Crippen MR) is 70.2 cm³/mol. The molecule has 0 atom stereocenters. The molecule has 0 aliphatic rings. The van der Waals surface area contributed by atoms with Crippen LogP contribution < -0.4 is 0 Å². The van der Waals surface area contributed by atoms with Crippen LogP contribution in [0.3, 0.4) is 0 Å². The molecule has 0 unspecified atom stereocenters. The number of carboxylic acids is 1. The van der Waals surface area contributed by atoms with E-state index in [9.17, 15) is 18.0 Å². The number of aromatic carboxylic acids is 1. The third-order valence-corrected chi connectivity index (χ3v) is 3.17. The summed E-state index contributed by atoms with van der Waals surface area (Å²) in [5.41, 5.74) is 0.768. The van der Waals surface area contributed by atoms with E-state index in [2.05, 4.69) is 4.98 Å². The van der Waals surface area contributed by atoms with Crippen molar-refractivity contribution in [2.45, 2.75) is 19.5 Å². The van der Waals surface area contributed by atoms with Crippen LogP contribution >= 0.6 is 0 Å². The molecule has 2 aromatic rings. The monoisotopic (exact) mass is 295 g/mol. The van der Waals surface area contributed by atoms with Gasteiger partial charge < -0.3 is 5.11 Å². The second-order valence-electron chi connectivity index (χ2n) is 4.62. The summed E-state index contributed by atoms with van der Waals surface area (Å²) in [7, 11) is 0. The summed E-state index contributed by atoms with van der Waals surface area (Å²) in [5, 5.41) is 9.00. The maximum atomic E-state index is 12.7. The Balaban J connectivity index is 2.35. The second kappa shape index (κ2) is 5.55. The Morgan fingerprint density at radius 3 is 2.62 bits per heavy atom. The van der Waals surface area contributed by atoms with Crippen molar-refractivity contribution >= 4 is 5.97 Å². The molecule has 0 saturated carbocycles. The fraction of sp³-hybridized carbons (Fsp3) is 0.200. The number of nitrogens with zero attached hydrogens (tertiary/aromatic N) is 1. The van der Waals surface area contributed by atoms with Crippen molar-refractivity contribution in [3.8, 4) is 0 Å². The van der Waals surface area contributed by atoms with E-state index in [1.807, 2.05) is 0 Å². The highest BCUT2D eigenvalue weighted by Crippen LogP contribution is 2.30. The molecule has 0 bridgehead atoms. The summed E-state index contributed by atoms with van der Waals surface area (Å²) in [6.07, 6.45) is -2.83. The molecule has 1 aromatic heterocycles. The maximum Gasteiger partial charge on any atom is 0.416 e. The van der Waals surface area contributed by atoms with Crippen molar-refractivity contribution in [3.63, 3.8) is 0 Å². The molecule has 2 rings (SSSR count). The van der Waals surface area contributed by atoms with Gasteiger partial charge in [0.05, 0.1) is 5.56 Å². The second-order valence-corrected chi connectivity index (χ2v) is 4.62. The Bertz CT molecular complexity index is 681. The summed E-state index contributed by atoms with van der Waals surface area (Å²) in [6, 6.07) is 6.61. The lowest BCUT2D eigenvalue weighted by molar-refractivity contribution is -0.137. The number of aromatic nitrogens is 1. The molecule has 3 nitrogen and oxygen atoms in total. The van der Waals surface area contributed by atoms with Crippen LogP contribution in [0.25, 0.3) is 0 Å². The summed E-state index contributed by atoms with van der Waals surface area (Å²) >= 11 is 0. The van der Waals surface area contributed by atoms with Crippen LogP contribution in [0.15, 0.2) is 36.5 Å². The number of alkyl halides is 3. The molecule has 0 spiro atoms. The van der Waals surface area contributed by atoms with Crippen LogP contribution in [0.4, 0.5) is 13.2 Å². The molecule has 1 N–H and O–H groups in total. The first kappa shape index (κ1) is 15.0. The fourth-order valence-electron chi connectivity index (χ4n) is 2.06. The number of hydrogen-bond acceptors (Lipinski definition) is 2. The highest BCUT2D eigenvalue weighted by Gasteiger charge is 2.30. The van der Waals surface area contributed by atoms with Gasteiger partial charge in [-0.25, -0.2) is 9.78 Å². The van der Waals surface area contributed by atoms with Crippen LogP contribution in [0.1, 0.15) is 32.7 Å². The first-order valence-electron chi connectivity index (χ1n) is 6.13. The lowest BCUT2D eigenvalue weighted by atomic mass is 9.99. The van der Waals surface area contributed by atoms with Crippen LogP contribution in [0.2, 0.25) is 0 Å². The van der Waals surface area contributed by atoms with Gasteiger partial charge in [-0.3, -0.25) is 0 Å². The predicted octanol–water partition coefficient (Wildman–Crippen LogP) is 3.70. The van der Waals surface area contributed by atoms with E-state index in [1.165, 1.54) is 12.3 Å². The number of carbonyl (C=O) groups is 1. The van der Waals surface area contributed by atoms with Gasteiger partial charge >= 0.3 is 12.1 Å². The van der Waals surface area contributed by atoms with Crippen molar-refractivity contribution < 1.29 is 23.1 Å². The first-order chi connectivity index (χ1) is 9.79. The van der Waals surface area contributed by atoms with Gasteiger partial charge in [0.25, 0.3) is 0 Å². The van der Waals surface area contributed by atoms with Gasteiger partial charge in [-0.2, -0.15) is 13.2 Å². The minimum atomic E-state index is -4.39. The lowest BCUT2D eigenvalue weighted by Crippen LogP contribution is -2.07. The largest absolute Gasteiger partial charge is 0.477 e. The van der Waals surface area contributed by atoms with Gasteiger partial charge in [0.1, 0.15) is 0 Å². The standard InChI is InChI=1S/C15H12F3NO2/c1-9-11(5-6-19-13(9)14(20)21)7-10-3-2-4-12(8-10)15(16,17)18/h2-6,8H,7H2,1H3,(H,20,21). The van der Waals surface area contributed by atoms with Gasteiger partial charge in [0.15, 0.2) is 5.69 Å². The molecule has 6 heteroatoms. The van der Waals surface area contributed by atoms with Crippen molar-refractivity contribution in [1.82, 2.24) is 4.98 Å². The zero-order chi connectivity index (χ0) is 15.6. The number of carboxylic acid groups (broad SMARTS) is 1. The Labute approximate surface area is 119 Å². The zero-order valence-electron chi connectivity index (χ0n) is 11.1. The van der Waals surface area contributed by atoms with E-state index >= 15 is 0 Å². The van der Waals surface area contributed by atoms with Crippen LogP contribution in [-0.4, -0.2) is 16.1 Å². The van der Waals surface area contributed by atoms with E-state index in [0.29, 0.717) is 16.7 Å². The number of hydrogen-bond donors (Lipinski definition) is 1. The molecule has 0 radical (unpaired) electrons. The smallest absolute Gasteiger partial charge is 0.416 e. The molecule has 1 heterocycles. The molecular weight excluding hydrogens is 283 g/mol. The minimum Gasteiger partial charge on any atom is -0.477 e. The highest BCUT2D eigenvalue weighted by atomic mass is 19.4. The number of pyridine rings is 1. The Kier molecular flexibility index (Phi) is 3.97. The van der Waals surface area contributed by atoms with Crippen LogP contribution in [-0.2, 0) is 12.6 Å². The van der Waals surface area contributed by atoms with Crippen LogP contribution in [0, 0.1) is 6.92 Å². The Hall–Kier alpha value is -2.37. The lowest BCUT2D eigenvalue weighted by Gasteiger charge is -2.11. The van der Waals surface area contributed by atoms with Crippen LogP contribution in [0.5, 0.6) is 0 Å². The highest BCUT2D eigenvalue weighted by molar-refractivity contribution is 5.87. The molecule has 21 heavy (non-hydrogen) atoms. The fourth-order valence-corrected chi connectivity index (χ4v) is 2.06. The van der Waals surface area contributed by atoms with E-state index < -0.39 is 17.7 Å². The average molecular weight is 295 g/mol. The summed E-state index contributed by atoms with van der Waals surface area (Å²) in [4.78, 5) is 14.8. The van der Waals surface area contributed by atoms with Gasteiger partial charge in [-0.1, -0.05) is 18.2 Å². The number of halogens is 3. The van der Waals surface area contributed by atoms with Gasteiger partial charge in [-0.05, 0) is 42.2 Å². The van der Waals surface area contributed by atoms with Crippen molar-refractivity contribution in [2.24, 2.45) is 0 Å². The van der Waals surface area contributed by atoms with E-state index in [-0.39, 0.29) is 12.1 Å². The Morgan fingerprint density at radius 1 is 1.29 bits per heavy atom. The average Bonchev–Trinajstić information content (AvgIpc) is 2.40. The summed E-state index contributed by atoms with van der Waals surface area (Å²) in [5.74, 6) is -1.15. The third-order valence-electron chi connectivity index (χ3n) is 3.17. The van der Waals surface area contributed by atoms with Gasteiger partial charge in [-0.15, -0.1) is 0 Å². The van der Waals surface area contributed by atoms with E-state index in [0.717, 1.165) is 12.1 Å². The first-order valence-corrected chi connectivity index (χ1v) is 6.13. The Morgan fingerprint density at radius 2 is 2.00 bits per heavy atom. The SMILES string of the molecule is Cc1c(Cc2cccc(C(F)(F)F)c2)ccnc1C(=O)O. The van der Waals surface area contributed by atoms with Gasteiger partial charge in [0, 0.05) is 6.20 Å². The van der Waals surface area contributed by atoms with Crippen molar-refractivity contribution in [2.75, 3.05) is 0 Å². The van der Waals surface area contributed by atoms with E-state index in [1.54, 1.807) is 19.1 Å². The van der Waals surface area contributed by atoms with E-state index in [4.69, 9.17) is 5.11 Å². The quantitative estimate of drug-likeness (QED) is 0.939. The molecule has 0 saturated heterocycles. The zero-order valence-corrected chi connectivity index (χ0v) is 11.1. The molecule has 0 fully saturated rings. The van der Waals surface area contributed by atoms with Crippen molar-refractivity contribution in [3.05, 3.63) is 64.5 Å². The molecule has 0 amide bonds. The third kappa shape index (κ3) is 3.39. The van der Waals surface area contributed by atoms with Gasteiger partial charge in [0.2, 0.25) is 0 Å². The molecular formula is C15H12F3NO2. The number of rotatable bonds is 3. The molecule has 0 aliphatic carbocycles. The maximum absolute atomic E-state index is 12.7. The normalized spacial score (nSPS) is 11.4. The summed E-state index contributed by atoms with van der Waals surface area (Å²) < 4.78 is 38.0. The molecule has 0 aliphatic heterocycles. The minimum absolute atomic E-state index is 0.0838. The molecule has 1 aromatic carbocycles. The topological polar surface area (TPSA) is 50.2 Å².